The maximum Gasteiger partial charge on any atom is 0.272 e. The van der Waals surface area contributed by atoms with E-state index < -0.39 is 22.3 Å². The Kier molecular flexibility index (Phi) is 4.64. The molecule has 0 atom stereocenters. The van der Waals surface area contributed by atoms with Crippen LogP contribution in [0.4, 0.5) is 15.8 Å². The van der Waals surface area contributed by atoms with Crippen LogP contribution in [0.2, 0.25) is 0 Å². The molecule has 5 nitrogen and oxygen atoms in total. The fourth-order valence-corrected chi connectivity index (χ4v) is 2.08. The minimum atomic E-state index is -0.932. The van der Waals surface area contributed by atoms with Gasteiger partial charge in [0.2, 0.25) is 0 Å². The third-order valence-corrected chi connectivity index (χ3v) is 3.39. The third-order valence-electron chi connectivity index (χ3n) is 2.75. The second kappa shape index (κ2) is 6.45. The molecule has 0 spiro atoms. The van der Waals surface area contributed by atoms with E-state index in [2.05, 4.69) is 21.2 Å². The van der Waals surface area contributed by atoms with Crippen molar-refractivity contribution in [2.24, 2.45) is 0 Å². The van der Waals surface area contributed by atoms with E-state index in [0.29, 0.717) is 11.0 Å². The molecule has 2 rings (SSSR count). The molecule has 1 amide bonds. The molecule has 7 heteroatoms. The number of nitrogens with zero attached hydrogens (tertiary/aromatic N) is 1. The van der Waals surface area contributed by atoms with Gasteiger partial charge in [0.15, 0.2) is 0 Å². The molecule has 0 radical (unpaired) electrons. The number of benzene rings is 2. The molecule has 21 heavy (non-hydrogen) atoms. The monoisotopic (exact) mass is 352 g/mol. The Morgan fingerprint density at radius 1 is 1.29 bits per heavy atom. The lowest BCUT2D eigenvalue weighted by atomic mass is 10.1. The standard InChI is InChI=1S/C14H10BrFN2O3/c15-8-9-2-1-3-10(6-9)17-14(19)12-5-4-11(18(20)21)7-13(12)16/h1-7H,8H2,(H,17,19). The van der Waals surface area contributed by atoms with E-state index in [4.69, 9.17) is 0 Å². The third kappa shape index (κ3) is 3.63. The quantitative estimate of drug-likeness (QED) is 0.515. The number of hydrogen-bond acceptors (Lipinski definition) is 3. The van der Waals surface area contributed by atoms with Gasteiger partial charge in [0.25, 0.3) is 11.6 Å². The van der Waals surface area contributed by atoms with E-state index in [1.165, 1.54) is 0 Å². The molecule has 0 bridgehead atoms. The minimum Gasteiger partial charge on any atom is -0.322 e. The van der Waals surface area contributed by atoms with Crippen LogP contribution >= 0.6 is 15.9 Å². The molecule has 0 aliphatic carbocycles. The summed E-state index contributed by atoms with van der Waals surface area (Å²) in [6.45, 7) is 0. The van der Waals surface area contributed by atoms with Gasteiger partial charge in [0, 0.05) is 17.1 Å². The maximum absolute atomic E-state index is 13.7. The van der Waals surface area contributed by atoms with Crippen molar-refractivity contribution in [3.8, 4) is 0 Å². The molecule has 0 heterocycles. The molecule has 2 aromatic rings. The van der Waals surface area contributed by atoms with Crippen molar-refractivity contribution in [1.82, 2.24) is 0 Å². The molecule has 0 saturated heterocycles. The Balaban J connectivity index is 2.22. The van der Waals surface area contributed by atoms with E-state index >= 15 is 0 Å². The molecule has 108 valence electrons. The number of alkyl halides is 1. The number of non-ortho nitro benzene ring substituents is 1. The summed E-state index contributed by atoms with van der Waals surface area (Å²) >= 11 is 3.30. The molecule has 0 aromatic heterocycles. The van der Waals surface area contributed by atoms with Crippen LogP contribution in [-0.2, 0) is 5.33 Å². The Labute approximate surface area is 128 Å². The second-order valence-electron chi connectivity index (χ2n) is 4.21. The minimum absolute atomic E-state index is 0.246. The topological polar surface area (TPSA) is 72.2 Å². The number of amides is 1. The first kappa shape index (κ1) is 15.1. The van der Waals surface area contributed by atoms with Crippen molar-refractivity contribution < 1.29 is 14.1 Å². The summed E-state index contributed by atoms with van der Waals surface area (Å²) in [7, 11) is 0. The number of carbonyl (C=O) groups excluding carboxylic acids is 1. The van der Waals surface area contributed by atoms with Gasteiger partial charge < -0.3 is 5.32 Å². The highest BCUT2D eigenvalue weighted by atomic mass is 79.9. The normalized spacial score (nSPS) is 10.2. The van der Waals surface area contributed by atoms with Crippen molar-refractivity contribution in [3.05, 3.63) is 69.5 Å². The Bertz CT molecular complexity index is 706. The van der Waals surface area contributed by atoms with E-state index in [1.54, 1.807) is 18.2 Å². The number of halogens is 2. The maximum atomic E-state index is 13.7. The van der Waals surface area contributed by atoms with Crippen molar-refractivity contribution in [3.63, 3.8) is 0 Å². The second-order valence-corrected chi connectivity index (χ2v) is 4.77. The highest BCUT2D eigenvalue weighted by Crippen LogP contribution is 2.19. The molecular weight excluding hydrogens is 343 g/mol. The van der Waals surface area contributed by atoms with Gasteiger partial charge in [-0.25, -0.2) is 4.39 Å². The number of nitro groups is 1. The van der Waals surface area contributed by atoms with Crippen LogP contribution in [0.25, 0.3) is 0 Å². The smallest absolute Gasteiger partial charge is 0.272 e. The van der Waals surface area contributed by atoms with Gasteiger partial charge in [0.05, 0.1) is 16.6 Å². The number of anilines is 1. The lowest BCUT2D eigenvalue weighted by Crippen LogP contribution is -2.14. The van der Waals surface area contributed by atoms with E-state index in [1.807, 2.05) is 6.07 Å². The summed E-state index contributed by atoms with van der Waals surface area (Å²) in [6.07, 6.45) is 0. The SMILES string of the molecule is O=C(Nc1cccc(CBr)c1)c1ccc([N+](=O)[O-])cc1F. The predicted octanol–water partition coefficient (Wildman–Crippen LogP) is 3.88. The predicted molar refractivity (Wildman–Crippen MR) is 80.1 cm³/mol. The summed E-state index contributed by atoms with van der Waals surface area (Å²) in [5.74, 6) is -1.59. The number of hydrogen-bond donors (Lipinski definition) is 1. The van der Waals surface area contributed by atoms with Crippen LogP contribution in [0.5, 0.6) is 0 Å². The van der Waals surface area contributed by atoms with Crippen molar-refractivity contribution in [2.75, 3.05) is 5.32 Å². The number of nitro benzene ring substituents is 1. The van der Waals surface area contributed by atoms with Gasteiger partial charge in [-0.05, 0) is 23.8 Å². The molecule has 0 fully saturated rings. The van der Waals surface area contributed by atoms with Gasteiger partial charge in [-0.15, -0.1) is 0 Å². The summed E-state index contributed by atoms with van der Waals surface area (Å²) < 4.78 is 13.7. The first-order valence-corrected chi connectivity index (χ1v) is 7.03. The molecule has 0 aliphatic rings. The average Bonchev–Trinajstić information content (AvgIpc) is 2.47. The van der Waals surface area contributed by atoms with Gasteiger partial charge >= 0.3 is 0 Å². The van der Waals surface area contributed by atoms with Crippen LogP contribution in [0.15, 0.2) is 42.5 Å². The van der Waals surface area contributed by atoms with E-state index in [-0.39, 0.29) is 5.56 Å². The lowest BCUT2D eigenvalue weighted by Gasteiger charge is -2.07. The summed E-state index contributed by atoms with van der Waals surface area (Å²) in [5, 5.41) is 13.7. The van der Waals surface area contributed by atoms with Crippen molar-refractivity contribution in [1.29, 1.82) is 0 Å². The van der Waals surface area contributed by atoms with Crippen molar-refractivity contribution >= 4 is 33.2 Å². The van der Waals surface area contributed by atoms with Crippen LogP contribution < -0.4 is 5.32 Å². The Morgan fingerprint density at radius 2 is 2.05 bits per heavy atom. The lowest BCUT2D eigenvalue weighted by molar-refractivity contribution is -0.385. The number of rotatable bonds is 4. The van der Waals surface area contributed by atoms with Crippen LogP contribution in [0, 0.1) is 15.9 Å². The zero-order valence-corrected chi connectivity index (χ0v) is 12.3. The highest BCUT2D eigenvalue weighted by molar-refractivity contribution is 9.08. The van der Waals surface area contributed by atoms with Gasteiger partial charge in [0.1, 0.15) is 5.82 Å². The van der Waals surface area contributed by atoms with Gasteiger partial charge in [-0.3, -0.25) is 14.9 Å². The Hall–Kier alpha value is -2.28. The summed E-state index contributed by atoms with van der Waals surface area (Å²) in [6, 6.07) is 9.96. The summed E-state index contributed by atoms with van der Waals surface area (Å²) in [4.78, 5) is 21.8. The molecule has 0 saturated carbocycles. The molecule has 2 aromatic carbocycles. The average molecular weight is 353 g/mol. The molecule has 0 aliphatic heterocycles. The first-order chi connectivity index (χ1) is 10.0. The zero-order chi connectivity index (χ0) is 15.4. The number of nitrogens with one attached hydrogen (secondary N) is 1. The summed E-state index contributed by atoms with van der Waals surface area (Å²) in [5.41, 5.74) is 0.835. The zero-order valence-electron chi connectivity index (χ0n) is 10.7. The van der Waals surface area contributed by atoms with E-state index in [0.717, 1.165) is 23.8 Å². The van der Waals surface area contributed by atoms with Crippen LogP contribution in [0.3, 0.4) is 0 Å². The van der Waals surface area contributed by atoms with Gasteiger partial charge in [-0.2, -0.15) is 0 Å². The fourth-order valence-electron chi connectivity index (χ4n) is 1.73. The van der Waals surface area contributed by atoms with Crippen molar-refractivity contribution in [2.45, 2.75) is 5.33 Å². The first-order valence-electron chi connectivity index (χ1n) is 5.91. The number of carbonyl (C=O) groups is 1. The van der Waals surface area contributed by atoms with Crippen LogP contribution in [0.1, 0.15) is 15.9 Å². The molecular formula is C14H10BrFN2O3. The molecule has 1 N–H and O–H groups in total. The fraction of sp³-hybridized carbons (Fsp3) is 0.0714. The largest absolute Gasteiger partial charge is 0.322 e. The molecule has 0 unspecified atom stereocenters. The van der Waals surface area contributed by atoms with Gasteiger partial charge in [-0.1, -0.05) is 28.1 Å². The van der Waals surface area contributed by atoms with E-state index in [9.17, 15) is 19.3 Å². The highest BCUT2D eigenvalue weighted by Gasteiger charge is 2.16. The van der Waals surface area contributed by atoms with Crippen LogP contribution in [-0.4, -0.2) is 10.8 Å². The Morgan fingerprint density at radius 3 is 2.67 bits per heavy atom.